The molecule has 2 aromatic rings. The van der Waals surface area contributed by atoms with Gasteiger partial charge in [0.1, 0.15) is 12.4 Å². The molecule has 0 bridgehead atoms. The van der Waals surface area contributed by atoms with Gasteiger partial charge in [-0.15, -0.1) is 6.42 Å². The summed E-state index contributed by atoms with van der Waals surface area (Å²) in [5, 5.41) is 0.678. The number of rotatable bonds is 5. The third kappa shape index (κ3) is 4.48. The smallest absolute Gasteiger partial charge is 0.294 e. The molecule has 136 valence electrons. The molecule has 1 aliphatic rings. The van der Waals surface area contributed by atoms with E-state index in [1.54, 1.807) is 36.4 Å². The van der Waals surface area contributed by atoms with Crippen molar-refractivity contribution >= 4 is 52.2 Å². The monoisotopic (exact) mass is 417 g/mol. The molecule has 0 radical (unpaired) electrons. The summed E-state index contributed by atoms with van der Waals surface area (Å²) in [6, 6.07) is 12.4. The van der Waals surface area contributed by atoms with E-state index in [-0.39, 0.29) is 18.4 Å². The van der Waals surface area contributed by atoms with E-state index in [2.05, 4.69) is 5.92 Å². The molecule has 27 heavy (non-hydrogen) atoms. The van der Waals surface area contributed by atoms with Gasteiger partial charge < -0.3 is 4.74 Å². The summed E-state index contributed by atoms with van der Waals surface area (Å²) in [7, 11) is 0. The van der Waals surface area contributed by atoms with Crippen molar-refractivity contribution in [2.24, 2.45) is 0 Å². The van der Waals surface area contributed by atoms with Crippen molar-refractivity contribution in [3.8, 4) is 18.1 Å². The summed E-state index contributed by atoms with van der Waals surface area (Å²) < 4.78 is 5.87. The number of hydrogen-bond donors (Lipinski definition) is 0. The molecule has 7 heteroatoms. The molecule has 0 N–H and O–H groups in total. The van der Waals surface area contributed by atoms with Crippen molar-refractivity contribution < 1.29 is 14.3 Å². The molecule has 0 aliphatic carbocycles. The van der Waals surface area contributed by atoms with Crippen molar-refractivity contribution in [3.63, 3.8) is 0 Å². The number of carbonyl (C=O) groups is 2. The Balaban J connectivity index is 1.81. The fourth-order valence-electron chi connectivity index (χ4n) is 2.39. The van der Waals surface area contributed by atoms with E-state index in [0.717, 1.165) is 22.2 Å². The molecule has 1 fully saturated rings. The molecular formula is C20H13Cl2NO3S. The quantitative estimate of drug-likeness (QED) is 0.492. The van der Waals surface area contributed by atoms with Gasteiger partial charge in [0.15, 0.2) is 0 Å². The van der Waals surface area contributed by atoms with Crippen molar-refractivity contribution in [3.05, 3.63) is 68.5 Å². The topological polar surface area (TPSA) is 46.6 Å². The number of carbonyl (C=O) groups excluding carboxylic acids is 2. The third-order valence-corrected chi connectivity index (χ3v) is 5.22. The standard InChI is InChI=1S/C20H13Cl2NO3S/c1-2-9-23-19(24)18(27-20(23)25)10-13-5-3-4-6-17(13)26-12-14-7-8-15(21)11-16(14)22/h1,3-8,10-11H,9,12H2. The summed E-state index contributed by atoms with van der Waals surface area (Å²) >= 11 is 12.9. The summed E-state index contributed by atoms with van der Waals surface area (Å²) in [5.41, 5.74) is 1.46. The lowest BCUT2D eigenvalue weighted by Crippen LogP contribution is -2.28. The molecule has 1 saturated heterocycles. The average Bonchev–Trinajstić information content (AvgIpc) is 2.90. The first kappa shape index (κ1) is 19.4. The minimum absolute atomic E-state index is 0.0464. The van der Waals surface area contributed by atoms with E-state index in [1.807, 2.05) is 12.1 Å². The first-order valence-corrected chi connectivity index (χ1v) is 9.41. The van der Waals surface area contributed by atoms with Crippen LogP contribution in [0.4, 0.5) is 4.79 Å². The van der Waals surface area contributed by atoms with Crippen LogP contribution in [0, 0.1) is 12.3 Å². The SMILES string of the molecule is C#CCN1C(=O)SC(=Cc2ccccc2OCc2ccc(Cl)cc2Cl)C1=O. The van der Waals surface area contributed by atoms with Gasteiger partial charge in [-0.3, -0.25) is 14.5 Å². The zero-order chi connectivity index (χ0) is 19.4. The second-order valence-electron chi connectivity index (χ2n) is 5.53. The first-order chi connectivity index (χ1) is 13.0. The fourth-order valence-corrected chi connectivity index (χ4v) is 3.69. The molecule has 0 saturated carbocycles. The maximum Gasteiger partial charge on any atom is 0.294 e. The van der Waals surface area contributed by atoms with Crippen LogP contribution in [0.3, 0.4) is 0 Å². The second kappa shape index (κ2) is 8.53. The van der Waals surface area contributed by atoms with Crippen molar-refractivity contribution in [2.75, 3.05) is 6.54 Å². The summed E-state index contributed by atoms with van der Waals surface area (Å²) in [6.45, 7) is 0.189. The molecule has 0 spiro atoms. The molecule has 2 amide bonds. The maximum atomic E-state index is 12.3. The van der Waals surface area contributed by atoms with Crippen molar-refractivity contribution in [2.45, 2.75) is 6.61 Å². The number of amides is 2. The number of thioether (sulfide) groups is 1. The van der Waals surface area contributed by atoms with Gasteiger partial charge in [-0.1, -0.05) is 53.4 Å². The van der Waals surface area contributed by atoms with Gasteiger partial charge in [0, 0.05) is 21.2 Å². The highest BCUT2D eigenvalue weighted by Crippen LogP contribution is 2.34. The van der Waals surface area contributed by atoms with Crippen LogP contribution in [-0.2, 0) is 11.4 Å². The molecule has 0 aromatic heterocycles. The van der Waals surface area contributed by atoms with Crippen LogP contribution < -0.4 is 4.74 Å². The lowest BCUT2D eigenvalue weighted by Gasteiger charge is -2.11. The van der Waals surface area contributed by atoms with Crippen LogP contribution in [0.2, 0.25) is 10.0 Å². The minimum Gasteiger partial charge on any atom is -0.488 e. The van der Waals surface area contributed by atoms with Crippen molar-refractivity contribution in [1.82, 2.24) is 4.90 Å². The average molecular weight is 418 g/mol. The van der Waals surface area contributed by atoms with Crippen LogP contribution >= 0.6 is 35.0 Å². The molecular weight excluding hydrogens is 405 g/mol. The third-order valence-electron chi connectivity index (χ3n) is 3.73. The summed E-state index contributed by atoms with van der Waals surface area (Å²) in [5.74, 6) is 2.47. The van der Waals surface area contributed by atoms with Crippen molar-refractivity contribution in [1.29, 1.82) is 0 Å². The largest absolute Gasteiger partial charge is 0.488 e. The Morgan fingerprint density at radius 1 is 1.19 bits per heavy atom. The van der Waals surface area contributed by atoms with Crippen LogP contribution in [0.1, 0.15) is 11.1 Å². The first-order valence-electron chi connectivity index (χ1n) is 7.84. The van der Waals surface area contributed by atoms with E-state index in [0.29, 0.717) is 26.3 Å². The predicted molar refractivity (Wildman–Crippen MR) is 109 cm³/mol. The summed E-state index contributed by atoms with van der Waals surface area (Å²) in [4.78, 5) is 25.6. The Labute approximate surface area is 171 Å². The van der Waals surface area contributed by atoms with E-state index >= 15 is 0 Å². The number of imide groups is 1. The predicted octanol–water partition coefficient (Wildman–Crippen LogP) is 5.24. The maximum absolute atomic E-state index is 12.3. The van der Waals surface area contributed by atoms with E-state index in [9.17, 15) is 9.59 Å². The minimum atomic E-state index is -0.404. The molecule has 2 aromatic carbocycles. The summed E-state index contributed by atoms with van der Waals surface area (Å²) in [6.07, 6.45) is 6.83. The van der Waals surface area contributed by atoms with E-state index in [1.165, 1.54) is 0 Å². The number of para-hydroxylation sites is 1. The highest BCUT2D eigenvalue weighted by molar-refractivity contribution is 8.18. The normalized spacial score (nSPS) is 15.3. The van der Waals surface area contributed by atoms with E-state index < -0.39 is 5.91 Å². The number of halogens is 2. The Hall–Kier alpha value is -2.39. The van der Waals surface area contributed by atoms with Gasteiger partial charge >= 0.3 is 0 Å². The number of ether oxygens (including phenoxy) is 1. The molecule has 1 heterocycles. The number of terminal acetylenes is 1. The molecule has 4 nitrogen and oxygen atoms in total. The lowest BCUT2D eigenvalue weighted by atomic mass is 10.1. The van der Waals surface area contributed by atoms with Gasteiger partial charge in [0.05, 0.1) is 11.4 Å². The number of hydrogen-bond acceptors (Lipinski definition) is 4. The van der Waals surface area contributed by atoms with Crippen LogP contribution in [-0.4, -0.2) is 22.6 Å². The second-order valence-corrected chi connectivity index (χ2v) is 7.37. The number of benzene rings is 2. The Morgan fingerprint density at radius 3 is 2.70 bits per heavy atom. The van der Waals surface area contributed by atoms with Crippen LogP contribution in [0.15, 0.2) is 47.4 Å². The van der Waals surface area contributed by atoms with E-state index in [4.69, 9.17) is 34.4 Å². The van der Waals surface area contributed by atoms with Crippen LogP contribution in [0.5, 0.6) is 5.75 Å². The number of nitrogens with zero attached hydrogens (tertiary/aromatic N) is 1. The highest BCUT2D eigenvalue weighted by atomic mass is 35.5. The zero-order valence-electron chi connectivity index (χ0n) is 13.9. The van der Waals surface area contributed by atoms with Gasteiger partial charge in [-0.2, -0.15) is 0 Å². The van der Waals surface area contributed by atoms with Gasteiger partial charge in [-0.25, -0.2) is 0 Å². The Morgan fingerprint density at radius 2 is 1.96 bits per heavy atom. The molecule has 0 atom stereocenters. The van der Waals surface area contributed by atoms with Gasteiger partial charge in [0.2, 0.25) is 0 Å². The van der Waals surface area contributed by atoms with Crippen LogP contribution in [0.25, 0.3) is 6.08 Å². The molecule has 0 unspecified atom stereocenters. The zero-order valence-corrected chi connectivity index (χ0v) is 16.3. The van der Waals surface area contributed by atoms with Gasteiger partial charge in [0.25, 0.3) is 11.1 Å². The highest BCUT2D eigenvalue weighted by Gasteiger charge is 2.34. The lowest BCUT2D eigenvalue weighted by molar-refractivity contribution is -0.122. The Bertz CT molecular complexity index is 981. The molecule has 3 rings (SSSR count). The Kier molecular flexibility index (Phi) is 6.12. The van der Waals surface area contributed by atoms with Gasteiger partial charge in [-0.05, 0) is 36.0 Å². The fraction of sp³-hybridized carbons (Fsp3) is 0.100. The molecule has 1 aliphatic heterocycles.